The Hall–Kier alpha value is 0.234. The Kier molecular flexibility index (Phi) is 7.71. The molecular weight excluding hydrogens is 312 g/mol. The number of piperazine rings is 1. The molecule has 1 fully saturated rings. The molecule has 0 aromatic heterocycles. The zero-order valence-corrected chi connectivity index (χ0v) is 18.0. The highest BCUT2D eigenvalue weighted by Crippen LogP contribution is 2.22. The lowest BCUT2D eigenvalue weighted by Crippen LogP contribution is -2.62. The van der Waals surface area contributed by atoms with E-state index in [1.807, 2.05) is 0 Å². The molecule has 132 valence electrons. The van der Waals surface area contributed by atoms with Crippen molar-refractivity contribution >= 4 is 17.6 Å². The van der Waals surface area contributed by atoms with Crippen molar-refractivity contribution in [1.82, 2.24) is 9.80 Å². The lowest BCUT2D eigenvalue weighted by atomic mass is 10.0. The Morgan fingerprint density at radius 1 is 1.05 bits per heavy atom. The van der Waals surface area contributed by atoms with Crippen molar-refractivity contribution in [1.29, 1.82) is 0 Å². The molecule has 0 amide bonds. The Bertz CT molecular complexity index is 325. The second-order valence-corrected chi connectivity index (χ2v) is 13.9. The second-order valence-electron chi connectivity index (χ2n) is 7.51. The van der Waals surface area contributed by atoms with E-state index in [9.17, 15) is 0 Å². The lowest BCUT2D eigenvalue weighted by molar-refractivity contribution is 0.0447. The average Bonchev–Trinajstić information content (AvgIpc) is 2.48. The molecule has 0 N–H and O–H groups in total. The Morgan fingerprint density at radius 2 is 1.59 bits per heavy atom. The van der Waals surface area contributed by atoms with Gasteiger partial charge in [0.25, 0.3) is 0 Å². The van der Waals surface area contributed by atoms with Gasteiger partial charge in [-0.3, -0.25) is 4.90 Å². The van der Waals surface area contributed by atoms with Gasteiger partial charge in [-0.05, 0) is 20.8 Å². The fourth-order valence-corrected chi connectivity index (χ4v) is 6.69. The number of rotatable bonds is 7. The summed E-state index contributed by atoms with van der Waals surface area (Å²) in [7, 11) is 1.89. The molecule has 1 aliphatic rings. The first-order valence-electron chi connectivity index (χ1n) is 8.33. The summed E-state index contributed by atoms with van der Waals surface area (Å²) in [6.07, 6.45) is 0. The fraction of sp³-hybridized carbons (Fsp3) is 1.00. The van der Waals surface area contributed by atoms with Crippen LogP contribution >= 0.6 is 0 Å². The highest BCUT2D eigenvalue weighted by Gasteiger charge is 2.40. The van der Waals surface area contributed by atoms with Crippen molar-refractivity contribution in [2.45, 2.75) is 51.1 Å². The van der Waals surface area contributed by atoms with E-state index in [0.29, 0.717) is 5.67 Å². The first kappa shape index (κ1) is 20.3. The molecule has 0 bridgehead atoms. The summed E-state index contributed by atoms with van der Waals surface area (Å²) in [4.78, 5) is 5.28. The van der Waals surface area contributed by atoms with Crippen LogP contribution in [0.25, 0.3) is 0 Å². The zero-order valence-electron chi connectivity index (χ0n) is 15.8. The maximum Gasteiger partial charge on any atom is 0.501 e. The van der Waals surface area contributed by atoms with E-state index in [0.717, 1.165) is 25.7 Å². The van der Waals surface area contributed by atoms with Gasteiger partial charge in [-0.2, -0.15) is 0 Å². The van der Waals surface area contributed by atoms with E-state index < -0.39 is 17.6 Å². The molecule has 1 unspecified atom stereocenters. The summed E-state index contributed by atoms with van der Waals surface area (Å²) in [5.41, 5.74) is 0.975. The standard InChI is InChI=1S/C15H36N2O3Si2/c1-15(2,3)17-10-9-16(14(13-17)21(7)8)11-12-22(18-4,19-5)20-6/h14,21H,9-13H2,1-8H3. The predicted molar refractivity (Wildman–Crippen MR) is 97.2 cm³/mol. The molecular formula is C15H36N2O3Si2. The van der Waals surface area contributed by atoms with E-state index in [4.69, 9.17) is 13.3 Å². The summed E-state index contributed by atoms with van der Waals surface area (Å²) in [5, 5.41) is 0. The maximum atomic E-state index is 5.57. The van der Waals surface area contributed by atoms with Gasteiger partial charge in [-0.15, -0.1) is 0 Å². The minimum Gasteiger partial charge on any atom is -0.377 e. The quantitative estimate of drug-likeness (QED) is 0.654. The van der Waals surface area contributed by atoms with Crippen LogP contribution in [0, 0.1) is 0 Å². The smallest absolute Gasteiger partial charge is 0.377 e. The van der Waals surface area contributed by atoms with E-state index in [-0.39, 0.29) is 5.54 Å². The molecule has 22 heavy (non-hydrogen) atoms. The van der Waals surface area contributed by atoms with Gasteiger partial charge in [0.05, 0.1) is 8.80 Å². The van der Waals surface area contributed by atoms with E-state index >= 15 is 0 Å². The summed E-state index contributed by atoms with van der Waals surface area (Å²) >= 11 is 0. The van der Waals surface area contributed by atoms with Gasteiger partial charge >= 0.3 is 8.80 Å². The molecule has 0 saturated carbocycles. The van der Waals surface area contributed by atoms with Crippen molar-refractivity contribution in [3.8, 4) is 0 Å². The molecule has 1 aliphatic heterocycles. The van der Waals surface area contributed by atoms with Crippen LogP contribution in [0.3, 0.4) is 0 Å². The second kappa shape index (κ2) is 8.37. The van der Waals surface area contributed by atoms with E-state index in [1.54, 1.807) is 21.3 Å². The number of hydrogen-bond acceptors (Lipinski definition) is 5. The minimum absolute atomic E-state index is 0.262. The van der Waals surface area contributed by atoms with E-state index in [2.05, 4.69) is 43.7 Å². The average molecular weight is 349 g/mol. The van der Waals surface area contributed by atoms with Crippen LogP contribution in [0.4, 0.5) is 0 Å². The van der Waals surface area contributed by atoms with Crippen LogP contribution in [0.15, 0.2) is 0 Å². The largest absolute Gasteiger partial charge is 0.501 e. The van der Waals surface area contributed by atoms with Crippen LogP contribution < -0.4 is 0 Å². The first-order valence-corrected chi connectivity index (χ1v) is 13.2. The Morgan fingerprint density at radius 3 is 2.00 bits per heavy atom. The molecule has 1 atom stereocenters. The summed E-state index contributed by atoms with van der Waals surface area (Å²) in [6.45, 7) is 16.3. The van der Waals surface area contributed by atoms with Gasteiger partial charge in [0.2, 0.25) is 0 Å². The predicted octanol–water partition coefficient (Wildman–Crippen LogP) is 1.68. The topological polar surface area (TPSA) is 34.2 Å². The third-order valence-corrected chi connectivity index (χ3v) is 9.76. The maximum absolute atomic E-state index is 5.57. The normalized spacial score (nSPS) is 22.5. The lowest BCUT2D eigenvalue weighted by Gasteiger charge is -2.48. The third kappa shape index (κ3) is 5.12. The third-order valence-electron chi connectivity index (χ3n) is 4.89. The van der Waals surface area contributed by atoms with Crippen LogP contribution in [0.5, 0.6) is 0 Å². The molecule has 0 spiro atoms. The van der Waals surface area contributed by atoms with Gasteiger partial charge in [0.1, 0.15) is 0 Å². The zero-order chi connectivity index (χ0) is 17.0. The molecule has 1 saturated heterocycles. The summed E-state index contributed by atoms with van der Waals surface area (Å²) in [5.74, 6) is 0. The van der Waals surface area contributed by atoms with Crippen molar-refractivity contribution in [2.75, 3.05) is 47.5 Å². The van der Waals surface area contributed by atoms with Crippen LogP contribution in [-0.2, 0) is 13.3 Å². The van der Waals surface area contributed by atoms with Gasteiger partial charge in [0.15, 0.2) is 0 Å². The summed E-state index contributed by atoms with van der Waals surface area (Å²) < 4.78 is 16.7. The van der Waals surface area contributed by atoms with Gasteiger partial charge < -0.3 is 18.2 Å². The highest BCUT2D eigenvalue weighted by molar-refractivity contribution is 6.60. The highest BCUT2D eigenvalue weighted by atomic mass is 28.4. The van der Waals surface area contributed by atoms with Crippen molar-refractivity contribution in [3.63, 3.8) is 0 Å². The van der Waals surface area contributed by atoms with Gasteiger partial charge in [0, 0.05) is 64.8 Å². The van der Waals surface area contributed by atoms with Crippen molar-refractivity contribution in [2.24, 2.45) is 0 Å². The first-order chi connectivity index (χ1) is 10.2. The van der Waals surface area contributed by atoms with Crippen LogP contribution in [0.1, 0.15) is 20.8 Å². The molecule has 0 aliphatic carbocycles. The molecule has 0 aromatic carbocycles. The Labute approximate surface area is 139 Å². The van der Waals surface area contributed by atoms with Crippen molar-refractivity contribution in [3.05, 3.63) is 0 Å². The summed E-state index contributed by atoms with van der Waals surface area (Å²) in [6, 6.07) is 0.865. The molecule has 1 heterocycles. The fourth-order valence-electron chi connectivity index (χ4n) is 3.20. The monoisotopic (exact) mass is 348 g/mol. The molecule has 5 nitrogen and oxygen atoms in total. The number of nitrogens with zero attached hydrogens (tertiary/aromatic N) is 2. The Balaban J connectivity index is 2.70. The minimum atomic E-state index is -2.46. The van der Waals surface area contributed by atoms with Crippen LogP contribution in [0.2, 0.25) is 19.1 Å². The number of hydrogen-bond donors (Lipinski definition) is 0. The van der Waals surface area contributed by atoms with E-state index in [1.165, 1.54) is 6.54 Å². The SMILES string of the molecule is CO[Si](CCN1CCN(C(C)(C)C)CC1[SiH](C)C)(OC)OC. The van der Waals surface area contributed by atoms with Gasteiger partial charge in [-0.1, -0.05) is 13.1 Å². The molecule has 1 rings (SSSR count). The molecule has 0 radical (unpaired) electrons. The van der Waals surface area contributed by atoms with Crippen LogP contribution in [-0.4, -0.2) is 86.1 Å². The van der Waals surface area contributed by atoms with Gasteiger partial charge in [-0.25, -0.2) is 0 Å². The van der Waals surface area contributed by atoms with Crippen molar-refractivity contribution < 1.29 is 13.3 Å². The molecule has 7 heteroatoms. The molecule has 0 aromatic rings.